The Morgan fingerprint density at radius 3 is 2.38 bits per heavy atom. The van der Waals surface area contributed by atoms with E-state index in [2.05, 4.69) is 5.32 Å². The molecule has 8 heavy (non-hydrogen) atoms. The van der Waals surface area contributed by atoms with Gasteiger partial charge >= 0.3 is 0 Å². The summed E-state index contributed by atoms with van der Waals surface area (Å²) in [7, 11) is 0. The Morgan fingerprint density at radius 1 is 1.25 bits per heavy atom. The predicted molar refractivity (Wildman–Crippen MR) is 29.5 cm³/mol. The van der Waals surface area contributed by atoms with E-state index in [4.69, 9.17) is 10.2 Å². The van der Waals surface area contributed by atoms with Crippen LogP contribution in [0.3, 0.4) is 0 Å². The minimum Gasteiger partial charge on any atom is -0.390 e. The highest BCUT2D eigenvalue weighted by atomic mass is 16.3. The predicted octanol–water partition coefficient (Wildman–Crippen LogP) is -1.30. The molecule has 0 aromatic rings. The molecule has 0 spiro atoms. The van der Waals surface area contributed by atoms with E-state index in [1.54, 1.807) is 0 Å². The van der Waals surface area contributed by atoms with Gasteiger partial charge in [0, 0.05) is 6.54 Å². The number of hydrogen-bond donors (Lipinski definition) is 3. The van der Waals surface area contributed by atoms with Crippen molar-refractivity contribution in [2.24, 2.45) is 0 Å². The summed E-state index contributed by atoms with van der Waals surface area (Å²) >= 11 is 0. The van der Waals surface area contributed by atoms with Crippen LogP contribution < -0.4 is 5.32 Å². The Balaban J connectivity index is 2.28. The zero-order valence-electron chi connectivity index (χ0n) is 4.67. The molecule has 1 rings (SSSR count). The maximum atomic E-state index is 8.89. The number of piperidine rings is 1. The van der Waals surface area contributed by atoms with Gasteiger partial charge in [-0.05, 0) is 13.0 Å². The van der Waals surface area contributed by atoms with Crippen LogP contribution in [-0.2, 0) is 0 Å². The molecular formula is C5H11NO2. The molecule has 1 heterocycles. The maximum Gasteiger partial charge on any atom is 0.0923 e. The summed E-state index contributed by atoms with van der Waals surface area (Å²) < 4.78 is 0. The number of β-amino-alcohol motifs (C(OH)–C–C–N with tert-alkyl or cyclic N) is 1. The third-order valence-corrected chi connectivity index (χ3v) is 1.41. The first kappa shape index (κ1) is 6.01. The summed E-state index contributed by atoms with van der Waals surface area (Å²) in [6.07, 6.45) is -0.388. The van der Waals surface area contributed by atoms with E-state index in [9.17, 15) is 0 Å². The van der Waals surface area contributed by atoms with E-state index < -0.39 is 12.2 Å². The van der Waals surface area contributed by atoms with Crippen molar-refractivity contribution in [1.82, 2.24) is 5.32 Å². The number of aliphatic hydroxyl groups is 2. The van der Waals surface area contributed by atoms with Crippen molar-refractivity contribution in [1.29, 1.82) is 0 Å². The van der Waals surface area contributed by atoms with Crippen molar-refractivity contribution < 1.29 is 10.2 Å². The Morgan fingerprint density at radius 2 is 2.00 bits per heavy atom. The summed E-state index contributed by atoms with van der Waals surface area (Å²) in [4.78, 5) is 0. The highest BCUT2D eigenvalue weighted by molar-refractivity contribution is 4.75. The van der Waals surface area contributed by atoms with Gasteiger partial charge in [0.25, 0.3) is 0 Å². The van der Waals surface area contributed by atoms with Gasteiger partial charge in [-0.25, -0.2) is 0 Å². The third-order valence-electron chi connectivity index (χ3n) is 1.41. The van der Waals surface area contributed by atoms with Crippen molar-refractivity contribution >= 4 is 0 Å². The summed E-state index contributed by atoms with van der Waals surface area (Å²) in [6, 6.07) is 0. The van der Waals surface area contributed by atoms with E-state index in [1.807, 2.05) is 0 Å². The molecule has 0 aromatic carbocycles. The van der Waals surface area contributed by atoms with Crippen LogP contribution in [0.25, 0.3) is 0 Å². The highest BCUT2D eigenvalue weighted by Crippen LogP contribution is 2.01. The lowest BCUT2D eigenvalue weighted by Gasteiger charge is -2.23. The fourth-order valence-corrected chi connectivity index (χ4v) is 0.828. The first-order chi connectivity index (χ1) is 3.80. The van der Waals surface area contributed by atoms with Crippen molar-refractivity contribution in [2.45, 2.75) is 18.6 Å². The molecule has 3 N–H and O–H groups in total. The number of hydrogen-bond acceptors (Lipinski definition) is 3. The van der Waals surface area contributed by atoms with Gasteiger partial charge < -0.3 is 15.5 Å². The number of rotatable bonds is 0. The van der Waals surface area contributed by atoms with Gasteiger partial charge in [0.05, 0.1) is 12.2 Å². The first-order valence-corrected chi connectivity index (χ1v) is 2.87. The molecule has 3 heteroatoms. The average molecular weight is 117 g/mol. The van der Waals surface area contributed by atoms with E-state index in [0.717, 1.165) is 6.54 Å². The quantitative estimate of drug-likeness (QED) is 0.369. The van der Waals surface area contributed by atoms with Crippen LogP contribution in [0.1, 0.15) is 6.42 Å². The Hall–Kier alpha value is -0.120. The van der Waals surface area contributed by atoms with E-state index in [-0.39, 0.29) is 0 Å². The minimum atomic E-state index is -0.552. The molecule has 0 saturated carbocycles. The van der Waals surface area contributed by atoms with Gasteiger partial charge in [-0.1, -0.05) is 0 Å². The van der Waals surface area contributed by atoms with Crippen molar-refractivity contribution in [3.05, 3.63) is 0 Å². The number of nitrogens with one attached hydrogen (secondary N) is 1. The van der Waals surface area contributed by atoms with Crippen LogP contribution in [-0.4, -0.2) is 35.5 Å². The molecule has 0 aliphatic carbocycles. The van der Waals surface area contributed by atoms with Gasteiger partial charge in [-0.2, -0.15) is 0 Å². The molecule has 1 aliphatic rings. The normalized spacial score (nSPS) is 39.8. The monoisotopic (exact) mass is 117 g/mol. The van der Waals surface area contributed by atoms with Gasteiger partial charge in [-0.3, -0.25) is 0 Å². The van der Waals surface area contributed by atoms with Gasteiger partial charge in [0.1, 0.15) is 0 Å². The van der Waals surface area contributed by atoms with Crippen molar-refractivity contribution in [3.63, 3.8) is 0 Å². The second-order valence-corrected chi connectivity index (χ2v) is 2.13. The standard InChI is InChI=1S/C5H11NO2/c7-4-1-2-6-3-5(4)8/h4-8H,1-3H2/t4-,5?/m1/s1. The lowest BCUT2D eigenvalue weighted by molar-refractivity contribution is 0.000433. The van der Waals surface area contributed by atoms with Crippen LogP contribution in [0.5, 0.6) is 0 Å². The van der Waals surface area contributed by atoms with E-state index in [0.29, 0.717) is 13.0 Å². The molecule has 0 amide bonds. The molecule has 0 aromatic heterocycles. The van der Waals surface area contributed by atoms with Gasteiger partial charge in [0.2, 0.25) is 0 Å². The van der Waals surface area contributed by atoms with Crippen molar-refractivity contribution in [3.8, 4) is 0 Å². The molecule has 1 aliphatic heterocycles. The molecule has 1 unspecified atom stereocenters. The molecule has 2 atom stereocenters. The Labute approximate surface area is 48.3 Å². The summed E-state index contributed by atoms with van der Waals surface area (Å²) in [5.74, 6) is 0. The molecule has 48 valence electrons. The zero-order chi connectivity index (χ0) is 5.98. The third kappa shape index (κ3) is 1.18. The molecule has 1 fully saturated rings. The Bertz CT molecular complexity index is 66.8. The summed E-state index contributed by atoms with van der Waals surface area (Å²) in [5, 5.41) is 20.7. The van der Waals surface area contributed by atoms with E-state index in [1.165, 1.54) is 0 Å². The highest BCUT2D eigenvalue weighted by Gasteiger charge is 2.18. The SMILES string of the molecule is OC1CNCC[C@H]1O. The topological polar surface area (TPSA) is 52.5 Å². The van der Waals surface area contributed by atoms with Crippen LogP contribution >= 0.6 is 0 Å². The van der Waals surface area contributed by atoms with Crippen LogP contribution in [0.4, 0.5) is 0 Å². The fraction of sp³-hybridized carbons (Fsp3) is 1.00. The van der Waals surface area contributed by atoms with Gasteiger partial charge in [-0.15, -0.1) is 0 Å². The smallest absolute Gasteiger partial charge is 0.0923 e. The fourth-order valence-electron chi connectivity index (χ4n) is 0.828. The van der Waals surface area contributed by atoms with E-state index >= 15 is 0 Å². The molecule has 3 nitrogen and oxygen atoms in total. The zero-order valence-corrected chi connectivity index (χ0v) is 4.67. The lowest BCUT2D eigenvalue weighted by Crippen LogP contribution is -2.43. The summed E-state index contributed by atoms with van der Waals surface area (Å²) in [6.45, 7) is 1.35. The molecule has 0 radical (unpaired) electrons. The van der Waals surface area contributed by atoms with Crippen LogP contribution in [0.2, 0.25) is 0 Å². The largest absolute Gasteiger partial charge is 0.390 e. The second-order valence-electron chi connectivity index (χ2n) is 2.13. The average Bonchev–Trinajstić information content (AvgIpc) is 1.77. The molecule has 1 saturated heterocycles. The number of aliphatic hydroxyl groups excluding tert-OH is 2. The van der Waals surface area contributed by atoms with Crippen molar-refractivity contribution in [2.75, 3.05) is 13.1 Å². The lowest BCUT2D eigenvalue weighted by atomic mass is 10.1. The van der Waals surface area contributed by atoms with Crippen LogP contribution in [0, 0.1) is 0 Å². The van der Waals surface area contributed by atoms with Gasteiger partial charge in [0.15, 0.2) is 0 Å². The second kappa shape index (κ2) is 2.44. The first-order valence-electron chi connectivity index (χ1n) is 2.87. The Kier molecular flexibility index (Phi) is 1.83. The molecular weight excluding hydrogens is 106 g/mol. The maximum absolute atomic E-state index is 8.89. The summed E-state index contributed by atoms with van der Waals surface area (Å²) in [5.41, 5.74) is 0. The molecule has 0 bridgehead atoms. The minimum absolute atomic E-state index is 0.503. The van der Waals surface area contributed by atoms with Crippen LogP contribution in [0.15, 0.2) is 0 Å².